The molecule has 1 rings (SSSR count). The van der Waals surface area contributed by atoms with Gasteiger partial charge in [0.1, 0.15) is 5.78 Å². The van der Waals surface area contributed by atoms with E-state index in [1.54, 1.807) is 18.7 Å². The molecule has 0 spiro atoms. The van der Waals surface area contributed by atoms with Gasteiger partial charge in [-0.3, -0.25) is 14.3 Å². The molecule has 0 saturated heterocycles. The van der Waals surface area contributed by atoms with Crippen molar-refractivity contribution in [3.05, 3.63) is 17.0 Å². The summed E-state index contributed by atoms with van der Waals surface area (Å²) < 4.78 is 6.75. The zero-order chi connectivity index (χ0) is 13.7. The van der Waals surface area contributed by atoms with Crippen LogP contribution in [0.15, 0.2) is 0 Å². The number of aromatic nitrogens is 2. The van der Waals surface area contributed by atoms with Crippen LogP contribution in [0.2, 0.25) is 0 Å². The molecule has 0 bridgehead atoms. The number of carbonyl (C=O) groups is 2. The van der Waals surface area contributed by atoms with Crippen LogP contribution in [0.3, 0.4) is 0 Å². The Balaban J connectivity index is 2.62. The third kappa shape index (κ3) is 3.50. The molecule has 0 radical (unpaired) electrons. The predicted molar refractivity (Wildman–Crippen MR) is 67.7 cm³/mol. The second-order valence-corrected chi connectivity index (χ2v) is 4.25. The van der Waals surface area contributed by atoms with Gasteiger partial charge in [0.25, 0.3) is 0 Å². The summed E-state index contributed by atoms with van der Waals surface area (Å²) in [7, 11) is 1.79. The van der Waals surface area contributed by atoms with Crippen molar-refractivity contribution in [2.75, 3.05) is 13.2 Å². The molecule has 100 valence electrons. The Labute approximate surface area is 107 Å². The molecule has 18 heavy (non-hydrogen) atoms. The molecule has 0 N–H and O–H groups in total. The van der Waals surface area contributed by atoms with Crippen LogP contribution in [-0.4, -0.2) is 34.6 Å². The van der Waals surface area contributed by atoms with Gasteiger partial charge in [-0.25, -0.2) is 0 Å². The fourth-order valence-corrected chi connectivity index (χ4v) is 1.86. The Bertz CT molecular complexity index is 449. The molecular weight excluding hydrogens is 232 g/mol. The number of carbonyl (C=O) groups excluding carboxylic acids is 2. The largest absolute Gasteiger partial charge is 0.381 e. The first kappa shape index (κ1) is 14.6. The lowest BCUT2D eigenvalue weighted by Gasteiger charge is -2.02. The molecule has 5 heteroatoms. The Morgan fingerprint density at radius 2 is 2.00 bits per heavy atom. The van der Waals surface area contributed by atoms with Gasteiger partial charge in [-0.05, 0) is 20.8 Å². The number of Topliss-reactive ketones (excluding diaryl/α,β-unsaturated/α-hetero) is 2. The second-order valence-electron chi connectivity index (χ2n) is 4.25. The summed E-state index contributed by atoms with van der Waals surface area (Å²) in [4.78, 5) is 23.6. The first-order valence-corrected chi connectivity index (χ1v) is 6.10. The van der Waals surface area contributed by atoms with Gasteiger partial charge >= 0.3 is 0 Å². The van der Waals surface area contributed by atoms with E-state index in [9.17, 15) is 9.59 Å². The number of aryl methyl sites for hydroxylation is 2. The molecular formula is C13H20N2O3. The summed E-state index contributed by atoms with van der Waals surface area (Å²) in [6.07, 6.45) is 0.221. The third-order valence-corrected chi connectivity index (χ3v) is 2.87. The Morgan fingerprint density at radius 1 is 1.33 bits per heavy atom. The van der Waals surface area contributed by atoms with Crippen LogP contribution in [0.4, 0.5) is 0 Å². The van der Waals surface area contributed by atoms with Crippen molar-refractivity contribution in [2.24, 2.45) is 7.05 Å². The van der Waals surface area contributed by atoms with E-state index in [-0.39, 0.29) is 24.4 Å². The average molecular weight is 252 g/mol. The van der Waals surface area contributed by atoms with Gasteiger partial charge in [-0.1, -0.05) is 0 Å². The minimum absolute atomic E-state index is 0.0690. The molecule has 0 amide bonds. The highest BCUT2D eigenvalue weighted by atomic mass is 16.5. The van der Waals surface area contributed by atoms with Crippen molar-refractivity contribution >= 4 is 11.6 Å². The van der Waals surface area contributed by atoms with E-state index < -0.39 is 0 Å². The van der Waals surface area contributed by atoms with Crippen molar-refractivity contribution in [1.82, 2.24) is 9.78 Å². The summed E-state index contributed by atoms with van der Waals surface area (Å²) in [6, 6.07) is 0. The minimum atomic E-state index is -0.153. The van der Waals surface area contributed by atoms with Crippen LogP contribution in [0, 0.1) is 13.8 Å². The summed E-state index contributed by atoms with van der Waals surface area (Å²) >= 11 is 0. The second kappa shape index (κ2) is 6.44. The molecule has 0 saturated carbocycles. The van der Waals surface area contributed by atoms with E-state index in [1.807, 2.05) is 13.8 Å². The van der Waals surface area contributed by atoms with E-state index >= 15 is 0 Å². The summed E-state index contributed by atoms with van der Waals surface area (Å²) in [5, 5.41) is 4.17. The molecule has 0 aliphatic heterocycles. The zero-order valence-corrected chi connectivity index (χ0v) is 11.4. The van der Waals surface area contributed by atoms with Gasteiger partial charge in [0, 0.05) is 25.8 Å². The molecule has 1 aromatic heterocycles. The fourth-order valence-electron chi connectivity index (χ4n) is 1.86. The highest BCUT2D eigenvalue weighted by molar-refractivity contribution is 6.09. The lowest BCUT2D eigenvalue weighted by molar-refractivity contribution is -0.119. The molecule has 0 unspecified atom stereocenters. The third-order valence-electron chi connectivity index (χ3n) is 2.87. The van der Waals surface area contributed by atoms with Gasteiger partial charge in [0.05, 0.1) is 24.3 Å². The number of ether oxygens (including phenoxy) is 1. The molecule has 1 heterocycles. The van der Waals surface area contributed by atoms with Crippen LogP contribution < -0.4 is 0 Å². The molecule has 0 aliphatic carbocycles. The molecule has 0 aliphatic rings. The maximum atomic E-state index is 12.0. The standard InChI is InChI=1S/C13H20N2O3/c1-5-18-7-6-11(16)8-12(17)13-9(2)14-15(4)10(13)3/h5-8H2,1-4H3. The Morgan fingerprint density at radius 3 is 2.50 bits per heavy atom. The monoisotopic (exact) mass is 252 g/mol. The minimum Gasteiger partial charge on any atom is -0.381 e. The molecule has 0 atom stereocenters. The number of ketones is 2. The van der Waals surface area contributed by atoms with E-state index in [2.05, 4.69) is 5.10 Å². The highest BCUT2D eigenvalue weighted by Crippen LogP contribution is 2.14. The van der Waals surface area contributed by atoms with Gasteiger partial charge in [-0.2, -0.15) is 5.10 Å². The van der Waals surface area contributed by atoms with Gasteiger partial charge < -0.3 is 4.74 Å². The summed E-state index contributed by atoms with van der Waals surface area (Å²) in [5.41, 5.74) is 2.05. The van der Waals surface area contributed by atoms with E-state index in [0.717, 1.165) is 5.69 Å². The van der Waals surface area contributed by atoms with Crippen molar-refractivity contribution in [1.29, 1.82) is 0 Å². The SMILES string of the molecule is CCOCCC(=O)CC(=O)c1c(C)nn(C)c1C. The van der Waals surface area contributed by atoms with Crippen LogP contribution in [0.5, 0.6) is 0 Å². The normalized spacial score (nSPS) is 10.7. The van der Waals surface area contributed by atoms with Gasteiger partial charge in [-0.15, -0.1) is 0 Å². The van der Waals surface area contributed by atoms with Crippen LogP contribution in [0.1, 0.15) is 41.5 Å². The summed E-state index contributed by atoms with van der Waals surface area (Å²) in [6.45, 7) is 6.45. The van der Waals surface area contributed by atoms with Crippen LogP contribution in [0.25, 0.3) is 0 Å². The quantitative estimate of drug-likeness (QED) is 0.420. The van der Waals surface area contributed by atoms with Crippen molar-refractivity contribution in [3.63, 3.8) is 0 Å². The van der Waals surface area contributed by atoms with Crippen LogP contribution in [-0.2, 0) is 16.6 Å². The maximum Gasteiger partial charge on any atom is 0.173 e. The van der Waals surface area contributed by atoms with E-state index in [0.29, 0.717) is 24.5 Å². The van der Waals surface area contributed by atoms with E-state index in [1.165, 1.54) is 0 Å². The zero-order valence-electron chi connectivity index (χ0n) is 11.4. The number of hydrogen-bond acceptors (Lipinski definition) is 4. The topological polar surface area (TPSA) is 61.2 Å². The van der Waals surface area contributed by atoms with Gasteiger partial charge in [0.2, 0.25) is 0 Å². The average Bonchev–Trinajstić information content (AvgIpc) is 2.53. The van der Waals surface area contributed by atoms with Crippen molar-refractivity contribution in [2.45, 2.75) is 33.6 Å². The first-order chi connectivity index (χ1) is 8.47. The Kier molecular flexibility index (Phi) is 5.22. The smallest absolute Gasteiger partial charge is 0.173 e. The van der Waals surface area contributed by atoms with Crippen molar-refractivity contribution < 1.29 is 14.3 Å². The van der Waals surface area contributed by atoms with Gasteiger partial charge in [0.15, 0.2) is 5.78 Å². The maximum absolute atomic E-state index is 12.0. The number of rotatable bonds is 7. The number of hydrogen-bond donors (Lipinski definition) is 0. The lowest BCUT2D eigenvalue weighted by Crippen LogP contribution is -2.12. The molecule has 0 aromatic carbocycles. The molecule has 0 fully saturated rings. The Hall–Kier alpha value is -1.49. The summed E-state index contributed by atoms with van der Waals surface area (Å²) in [5.74, 6) is -0.240. The van der Waals surface area contributed by atoms with E-state index in [4.69, 9.17) is 4.74 Å². The highest BCUT2D eigenvalue weighted by Gasteiger charge is 2.19. The molecule has 1 aromatic rings. The lowest BCUT2D eigenvalue weighted by atomic mass is 10.0. The predicted octanol–water partition coefficient (Wildman–Crippen LogP) is 1.61. The number of nitrogens with zero attached hydrogens (tertiary/aromatic N) is 2. The van der Waals surface area contributed by atoms with Crippen LogP contribution >= 0.6 is 0 Å². The first-order valence-electron chi connectivity index (χ1n) is 6.10. The molecule has 5 nitrogen and oxygen atoms in total. The fraction of sp³-hybridized carbons (Fsp3) is 0.615. The van der Waals surface area contributed by atoms with Crippen molar-refractivity contribution in [3.8, 4) is 0 Å².